The van der Waals surface area contributed by atoms with Gasteiger partial charge in [-0.2, -0.15) is 4.98 Å². The van der Waals surface area contributed by atoms with E-state index in [0.29, 0.717) is 11.7 Å². The first kappa shape index (κ1) is 11.6. The lowest BCUT2D eigenvalue weighted by Gasteiger charge is -2.21. The third kappa shape index (κ3) is 2.13. The van der Waals surface area contributed by atoms with Crippen LogP contribution in [0.1, 0.15) is 20.3 Å². The molecule has 0 amide bonds. The van der Waals surface area contributed by atoms with Crippen LogP contribution in [0.15, 0.2) is 6.20 Å². The summed E-state index contributed by atoms with van der Waals surface area (Å²) in [6.45, 7) is 4.91. The molecule has 0 radical (unpaired) electrons. The van der Waals surface area contributed by atoms with Gasteiger partial charge in [0.25, 0.3) is 0 Å². The van der Waals surface area contributed by atoms with E-state index in [2.05, 4.69) is 16.9 Å². The lowest BCUT2D eigenvalue weighted by Crippen LogP contribution is -2.28. The molecular weight excluding hydrogens is 222 g/mol. The normalized spacial score (nSPS) is 24.0. The van der Waals surface area contributed by atoms with Crippen molar-refractivity contribution in [3.05, 3.63) is 16.3 Å². The summed E-state index contributed by atoms with van der Waals surface area (Å²) in [5.74, 6) is 0.900. The molecule has 1 fully saturated rings. The fourth-order valence-electron chi connectivity index (χ4n) is 2.31. The zero-order valence-corrected chi connectivity index (χ0v) is 9.83. The summed E-state index contributed by atoms with van der Waals surface area (Å²) < 4.78 is 0. The van der Waals surface area contributed by atoms with Crippen molar-refractivity contribution in [2.45, 2.75) is 26.3 Å². The Morgan fingerprint density at radius 3 is 2.82 bits per heavy atom. The first-order valence-corrected chi connectivity index (χ1v) is 5.52. The second kappa shape index (κ2) is 4.15. The quantitative estimate of drug-likeness (QED) is 0.613. The van der Waals surface area contributed by atoms with Crippen molar-refractivity contribution in [3.63, 3.8) is 0 Å². The molecule has 0 aromatic carbocycles. The molecule has 1 aromatic rings. The molecule has 7 nitrogen and oxygen atoms in total. The van der Waals surface area contributed by atoms with E-state index in [1.165, 1.54) is 6.20 Å². The summed E-state index contributed by atoms with van der Waals surface area (Å²) in [4.78, 5) is 20.1. The van der Waals surface area contributed by atoms with E-state index in [1.54, 1.807) is 0 Å². The van der Waals surface area contributed by atoms with Crippen LogP contribution in [-0.2, 0) is 0 Å². The largest absolute Gasteiger partial charge is 0.368 e. The van der Waals surface area contributed by atoms with Gasteiger partial charge < -0.3 is 10.6 Å². The molecule has 2 N–H and O–H groups in total. The lowest BCUT2D eigenvalue weighted by atomic mass is 10.1. The van der Waals surface area contributed by atoms with E-state index < -0.39 is 4.92 Å². The predicted molar refractivity (Wildman–Crippen MR) is 63.7 cm³/mol. The lowest BCUT2D eigenvalue weighted by molar-refractivity contribution is -0.384. The number of nitro groups is 1. The molecule has 17 heavy (non-hydrogen) atoms. The molecule has 0 aliphatic carbocycles. The summed E-state index contributed by atoms with van der Waals surface area (Å²) in [5, 5.41) is 10.9. The van der Waals surface area contributed by atoms with E-state index in [4.69, 9.17) is 5.73 Å². The number of aromatic nitrogens is 2. The van der Waals surface area contributed by atoms with E-state index in [0.717, 1.165) is 13.0 Å². The second-order valence-corrected chi connectivity index (χ2v) is 4.54. The summed E-state index contributed by atoms with van der Waals surface area (Å²) in [5.41, 5.74) is 5.42. The Hall–Kier alpha value is -1.92. The first-order chi connectivity index (χ1) is 7.99. The summed E-state index contributed by atoms with van der Waals surface area (Å²) >= 11 is 0. The van der Waals surface area contributed by atoms with Gasteiger partial charge in [0.2, 0.25) is 11.8 Å². The van der Waals surface area contributed by atoms with Crippen molar-refractivity contribution in [1.82, 2.24) is 9.97 Å². The molecule has 1 aliphatic rings. The van der Waals surface area contributed by atoms with Gasteiger partial charge in [-0.3, -0.25) is 10.1 Å². The van der Waals surface area contributed by atoms with Gasteiger partial charge in [-0.05, 0) is 19.3 Å². The minimum absolute atomic E-state index is 0.0670. The third-order valence-electron chi connectivity index (χ3n) is 3.02. The topological polar surface area (TPSA) is 98.2 Å². The molecular formula is C10H15N5O2. The standard InChI is InChI=1S/C10H15N5O2/c1-6-3-7(2)14(5-6)9-8(15(16)17)4-12-10(11)13-9/h4,6-7H,3,5H2,1-2H3,(H2,11,12,13). The molecule has 0 spiro atoms. The zero-order chi connectivity index (χ0) is 12.6. The minimum atomic E-state index is -0.468. The highest BCUT2D eigenvalue weighted by Crippen LogP contribution is 2.33. The Bertz CT molecular complexity index is 450. The van der Waals surface area contributed by atoms with E-state index in [1.807, 2.05) is 11.8 Å². The fourth-order valence-corrected chi connectivity index (χ4v) is 2.31. The smallest absolute Gasteiger partial charge is 0.329 e. The predicted octanol–water partition coefficient (Wildman–Crippen LogP) is 1.20. The second-order valence-electron chi connectivity index (χ2n) is 4.54. The van der Waals surface area contributed by atoms with Crippen molar-refractivity contribution in [2.75, 3.05) is 17.2 Å². The molecule has 1 aliphatic heterocycles. The number of nitrogens with two attached hydrogens (primary N) is 1. The zero-order valence-electron chi connectivity index (χ0n) is 9.83. The van der Waals surface area contributed by atoms with Crippen LogP contribution in [0.4, 0.5) is 17.5 Å². The van der Waals surface area contributed by atoms with Crippen LogP contribution in [0, 0.1) is 16.0 Å². The monoisotopic (exact) mass is 237 g/mol. The molecule has 0 saturated carbocycles. The fraction of sp³-hybridized carbons (Fsp3) is 0.600. The Labute approximate surface area is 98.8 Å². The maximum Gasteiger partial charge on any atom is 0.329 e. The highest BCUT2D eigenvalue weighted by molar-refractivity contribution is 5.59. The number of hydrogen-bond acceptors (Lipinski definition) is 6. The number of rotatable bonds is 2. The van der Waals surface area contributed by atoms with Crippen LogP contribution in [0.3, 0.4) is 0 Å². The number of anilines is 2. The van der Waals surface area contributed by atoms with Gasteiger partial charge in [-0.25, -0.2) is 4.98 Å². The summed E-state index contributed by atoms with van der Waals surface area (Å²) in [6.07, 6.45) is 2.18. The average molecular weight is 237 g/mol. The van der Waals surface area contributed by atoms with Crippen LogP contribution in [0.5, 0.6) is 0 Å². The Morgan fingerprint density at radius 1 is 1.59 bits per heavy atom. The van der Waals surface area contributed by atoms with Gasteiger partial charge in [-0.15, -0.1) is 0 Å². The number of hydrogen-bond donors (Lipinski definition) is 1. The average Bonchev–Trinajstić information content (AvgIpc) is 2.57. The van der Waals surface area contributed by atoms with Crippen LogP contribution in [-0.4, -0.2) is 27.5 Å². The molecule has 2 heterocycles. The van der Waals surface area contributed by atoms with Crippen molar-refractivity contribution in [1.29, 1.82) is 0 Å². The van der Waals surface area contributed by atoms with Crippen LogP contribution < -0.4 is 10.6 Å². The van der Waals surface area contributed by atoms with E-state index >= 15 is 0 Å². The SMILES string of the molecule is CC1CC(C)N(c2nc(N)ncc2[N+](=O)[O-])C1. The molecule has 7 heteroatoms. The maximum absolute atomic E-state index is 10.9. The summed E-state index contributed by atoms with van der Waals surface area (Å²) in [6, 6.07) is 0.234. The Morgan fingerprint density at radius 2 is 2.29 bits per heavy atom. The van der Waals surface area contributed by atoms with Gasteiger partial charge in [0.1, 0.15) is 6.20 Å². The molecule has 2 rings (SSSR count). The van der Waals surface area contributed by atoms with Gasteiger partial charge in [0.05, 0.1) is 4.92 Å². The van der Waals surface area contributed by atoms with Crippen LogP contribution >= 0.6 is 0 Å². The van der Waals surface area contributed by atoms with Gasteiger partial charge in [0.15, 0.2) is 0 Å². The number of nitrogens with zero attached hydrogens (tertiary/aromatic N) is 4. The van der Waals surface area contributed by atoms with Crippen LogP contribution in [0.2, 0.25) is 0 Å². The molecule has 2 atom stereocenters. The van der Waals surface area contributed by atoms with Crippen molar-refractivity contribution in [2.24, 2.45) is 5.92 Å². The Balaban J connectivity index is 2.43. The molecule has 1 aromatic heterocycles. The van der Waals surface area contributed by atoms with Crippen molar-refractivity contribution >= 4 is 17.5 Å². The Kier molecular flexibility index (Phi) is 2.83. The van der Waals surface area contributed by atoms with Crippen molar-refractivity contribution < 1.29 is 4.92 Å². The first-order valence-electron chi connectivity index (χ1n) is 5.52. The van der Waals surface area contributed by atoms with Crippen LogP contribution in [0.25, 0.3) is 0 Å². The molecule has 0 bridgehead atoms. The molecule has 92 valence electrons. The maximum atomic E-state index is 10.9. The van der Waals surface area contributed by atoms with Gasteiger partial charge in [-0.1, -0.05) is 6.92 Å². The minimum Gasteiger partial charge on any atom is -0.368 e. The van der Waals surface area contributed by atoms with Gasteiger partial charge >= 0.3 is 5.69 Å². The van der Waals surface area contributed by atoms with Gasteiger partial charge in [0, 0.05) is 12.6 Å². The highest BCUT2D eigenvalue weighted by Gasteiger charge is 2.32. The van der Waals surface area contributed by atoms with E-state index in [9.17, 15) is 10.1 Å². The number of nitrogen functional groups attached to an aromatic ring is 1. The highest BCUT2D eigenvalue weighted by atomic mass is 16.6. The third-order valence-corrected chi connectivity index (χ3v) is 3.02. The molecule has 2 unspecified atom stereocenters. The van der Waals surface area contributed by atoms with Crippen molar-refractivity contribution in [3.8, 4) is 0 Å². The molecule has 1 saturated heterocycles. The summed E-state index contributed by atoms with van der Waals surface area (Å²) in [7, 11) is 0. The van der Waals surface area contributed by atoms with E-state index in [-0.39, 0.29) is 17.7 Å².